The van der Waals surface area contributed by atoms with Gasteiger partial charge in [0.15, 0.2) is 0 Å². The number of carbonyl (C=O) groups is 3. The third-order valence-corrected chi connectivity index (χ3v) is 5.82. The lowest BCUT2D eigenvalue weighted by molar-refractivity contribution is -0.124. The largest absolute Gasteiger partial charge is 0.368 e. The Morgan fingerprint density at radius 2 is 1.34 bits per heavy atom. The third-order valence-electron chi connectivity index (χ3n) is 5.82. The molecule has 0 aromatic heterocycles. The summed E-state index contributed by atoms with van der Waals surface area (Å²) in [6.07, 6.45) is 2.49. The first-order valence-corrected chi connectivity index (χ1v) is 11.0. The summed E-state index contributed by atoms with van der Waals surface area (Å²) >= 11 is 0. The maximum atomic E-state index is 12.7. The standard InChI is InChI=1S/C24H28N4O4/c29-22(17-12-14-28(15-13-17)24(31)27-18-5-2-1-3-6-18)25-19-8-10-20(11-9-19)26-23(30)21-7-4-16-32-21/h1-3,5-6,8-11,17,21H,4,7,12-16H2,(H,25,29)(H,26,30)(H,27,31)/t21-/m0/s1. The molecule has 2 aromatic rings. The lowest BCUT2D eigenvalue weighted by Crippen LogP contribution is -2.43. The topological polar surface area (TPSA) is 99.8 Å². The van der Waals surface area contributed by atoms with Crippen molar-refractivity contribution in [2.75, 3.05) is 35.6 Å². The summed E-state index contributed by atoms with van der Waals surface area (Å²) in [5, 5.41) is 8.66. The molecule has 0 unspecified atom stereocenters. The van der Waals surface area contributed by atoms with Crippen LogP contribution < -0.4 is 16.0 Å². The van der Waals surface area contributed by atoms with Crippen molar-refractivity contribution in [3.05, 3.63) is 54.6 Å². The molecule has 8 nitrogen and oxygen atoms in total. The van der Waals surface area contributed by atoms with Crippen molar-refractivity contribution in [2.45, 2.75) is 31.8 Å². The Labute approximate surface area is 187 Å². The SMILES string of the molecule is O=C(Nc1ccc(NC(=O)[C@@H]2CCCO2)cc1)C1CCN(C(=O)Nc2ccccc2)CC1. The summed E-state index contributed by atoms with van der Waals surface area (Å²) in [6.45, 7) is 1.69. The first kappa shape index (κ1) is 21.8. The van der Waals surface area contributed by atoms with Gasteiger partial charge in [0.1, 0.15) is 6.10 Å². The number of carbonyl (C=O) groups excluding carboxylic acids is 3. The first-order chi connectivity index (χ1) is 15.6. The molecule has 2 heterocycles. The Balaban J connectivity index is 1.22. The van der Waals surface area contributed by atoms with Gasteiger partial charge in [-0.25, -0.2) is 4.79 Å². The molecule has 4 amide bonds. The Hall–Kier alpha value is -3.39. The molecule has 0 radical (unpaired) electrons. The van der Waals surface area contributed by atoms with Gasteiger partial charge in [0.2, 0.25) is 5.91 Å². The first-order valence-electron chi connectivity index (χ1n) is 11.0. The molecule has 0 bridgehead atoms. The minimum absolute atomic E-state index is 0.0516. The van der Waals surface area contributed by atoms with Crippen LogP contribution in [0.15, 0.2) is 54.6 Å². The molecule has 2 saturated heterocycles. The van der Waals surface area contributed by atoms with Crippen LogP contribution in [0.25, 0.3) is 0 Å². The lowest BCUT2D eigenvalue weighted by atomic mass is 9.96. The van der Waals surface area contributed by atoms with E-state index in [4.69, 9.17) is 4.74 Å². The van der Waals surface area contributed by atoms with E-state index in [1.165, 1.54) is 0 Å². The quantitative estimate of drug-likeness (QED) is 0.666. The highest BCUT2D eigenvalue weighted by Crippen LogP contribution is 2.22. The van der Waals surface area contributed by atoms with Crippen molar-refractivity contribution in [1.82, 2.24) is 4.90 Å². The minimum atomic E-state index is -0.380. The molecule has 2 fully saturated rings. The molecule has 8 heteroatoms. The summed E-state index contributed by atoms with van der Waals surface area (Å²) in [5.74, 6) is -0.332. The van der Waals surface area contributed by atoms with Gasteiger partial charge in [-0.1, -0.05) is 18.2 Å². The molecule has 1 atom stereocenters. The summed E-state index contributed by atoms with van der Waals surface area (Å²) < 4.78 is 5.38. The summed E-state index contributed by atoms with van der Waals surface area (Å²) in [5.41, 5.74) is 2.10. The fourth-order valence-corrected chi connectivity index (χ4v) is 3.96. The van der Waals surface area contributed by atoms with Crippen molar-refractivity contribution >= 4 is 34.9 Å². The van der Waals surface area contributed by atoms with Crippen molar-refractivity contribution in [3.63, 3.8) is 0 Å². The van der Waals surface area contributed by atoms with Crippen molar-refractivity contribution in [1.29, 1.82) is 0 Å². The van der Waals surface area contributed by atoms with E-state index in [2.05, 4.69) is 16.0 Å². The average Bonchev–Trinajstić information content (AvgIpc) is 3.36. The lowest BCUT2D eigenvalue weighted by Gasteiger charge is -2.31. The molecule has 168 valence electrons. The van der Waals surface area contributed by atoms with E-state index in [1.807, 2.05) is 30.3 Å². The number of benzene rings is 2. The van der Waals surface area contributed by atoms with Crippen LogP contribution in [-0.2, 0) is 14.3 Å². The second-order valence-corrected chi connectivity index (χ2v) is 8.12. The number of nitrogens with one attached hydrogen (secondary N) is 3. The van der Waals surface area contributed by atoms with Crippen LogP contribution in [0.4, 0.5) is 21.9 Å². The second kappa shape index (κ2) is 10.3. The Morgan fingerprint density at radius 3 is 1.94 bits per heavy atom. The predicted octanol–water partition coefficient (Wildman–Crippen LogP) is 3.69. The molecule has 0 saturated carbocycles. The number of amides is 4. The molecular weight excluding hydrogens is 408 g/mol. The van der Waals surface area contributed by atoms with Gasteiger partial charge in [0.05, 0.1) is 0 Å². The van der Waals surface area contributed by atoms with Crippen molar-refractivity contribution < 1.29 is 19.1 Å². The number of hydrogen-bond acceptors (Lipinski definition) is 4. The molecule has 2 aliphatic heterocycles. The van der Waals surface area contributed by atoms with Gasteiger partial charge in [0, 0.05) is 42.7 Å². The Bertz CT molecular complexity index is 934. The third kappa shape index (κ3) is 5.64. The van der Waals surface area contributed by atoms with E-state index in [1.54, 1.807) is 29.2 Å². The maximum Gasteiger partial charge on any atom is 0.321 e. The summed E-state index contributed by atoms with van der Waals surface area (Å²) in [4.78, 5) is 38.9. The molecular formula is C24H28N4O4. The van der Waals surface area contributed by atoms with Crippen LogP contribution >= 0.6 is 0 Å². The van der Waals surface area contributed by atoms with Crippen LogP contribution in [0.2, 0.25) is 0 Å². The van der Waals surface area contributed by atoms with E-state index in [9.17, 15) is 14.4 Å². The monoisotopic (exact) mass is 436 g/mol. The van der Waals surface area contributed by atoms with E-state index in [-0.39, 0.29) is 29.9 Å². The van der Waals surface area contributed by atoms with Gasteiger partial charge in [-0.2, -0.15) is 0 Å². The van der Waals surface area contributed by atoms with Gasteiger partial charge >= 0.3 is 6.03 Å². The highest BCUT2D eigenvalue weighted by Gasteiger charge is 2.27. The molecule has 32 heavy (non-hydrogen) atoms. The van der Waals surface area contributed by atoms with E-state index >= 15 is 0 Å². The van der Waals surface area contributed by atoms with E-state index in [0.29, 0.717) is 43.9 Å². The number of hydrogen-bond donors (Lipinski definition) is 3. The molecule has 2 aromatic carbocycles. The van der Waals surface area contributed by atoms with Gasteiger partial charge in [-0.15, -0.1) is 0 Å². The van der Waals surface area contributed by atoms with Crippen molar-refractivity contribution in [3.8, 4) is 0 Å². The molecule has 3 N–H and O–H groups in total. The van der Waals surface area contributed by atoms with Gasteiger partial charge < -0.3 is 25.6 Å². The van der Waals surface area contributed by atoms with Crippen LogP contribution in [0.3, 0.4) is 0 Å². The molecule has 0 aliphatic carbocycles. The van der Waals surface area contributed by atoms with Gasteiger partial charge in [0.25, 0.3) is 5.91 Å². The highest BCUT2D eigenvalue weighted by atomic mass is 16.5. The summed E-state index contributed by atoms with van der Waals surface area (Å²) in [7, 11) is 0. The zero-order valence-corrected chi connectivity index (χ0v) is 17.9. The Kier molecular flexibility index (Phi) is 7.01. The number of likely N-dealkylation sites (tertiary alicyclic amines) is 1. The molecule has 0 spiro atoms. The zero-order chi connectivity index (χ0) is 22.3. The number of ether oxygens (including phenoxy) is 1. The minimum Gasteiger partial charge on any atom is -0.368 e. The number of urea groups is 1. The Morgan fingerprint density at radius 1 is 0.750 bits per heavy atom. The summed E-state index contributed by atoms with van der Waals surface area (Å²) in [6, 6.07) is 16.3. The normalized spacial score (nSPS) is 18.8. The van der Waals surface area contributed by atoms with Gasteiger partial charge in [-0.3, -0.25) is 9.59 Å². The van der Waals surface area contributed by atoms with Gasteiger partial charge in [-0.05, 0) is 62.1 Å². The van der Waals surface area contributed by atoms with Crippen LogP contribution in [0, 0.1) is 5.92 Å². The smallest absolute Gasteiger partial charge is 0.321 e. The average molecular weight is 437 g/mol. The van der Waals surface area contributed by atoms with Crippen LogP contribution in [0.1, 0.15) is 25.7 Å². The number of nitrogens with zero attached hydrogens (tertiary/aromatic N) is 1. The predicted molar refractivity (Wildman–Crippen MR) is 122 cm³/mol. The van der Waals surface area contributed by atoms with E-state index in [0.717, 1.165) is 18.5 Å². The fourth-order valence-electron chi connectivity index (χ4n) is 3.96. The number of piperidine rings is 1. The fraction of sp³-hybridized carbons (Fsp3) is 0.375. The van der Waals surface area contributed by atoms with Crippen LogP contribution in [0.5, 0.6) is 0 Å². The second-order valence-electron chi connectivity index (χ2n) is 8.12. The maximum absolute atomic E-state index is 12.7. The van der Waals surface area contributed by atoms with Crippen molar-refractivity contribution in [2.24, 2.45) is 5.92 Å². The molecule has 2 aliphatic rings. The zero-order valence-electron chi connectivity index (χ0n) is 17.9. The highest BCUT2D eigenvalue weighted by molar-refractivity contribution is 5.96. The number of para-hydroxylation sites is 1. The van der Waals surface area contributed by atoms with E-state index < -0.39 is 0 Å². The number of anilines is 3. The number of rotatable bonds is 5. The van der Waals surface area contributed by atoms with Crippen LogP contribution in [-0.4, -0.2) is 48.5 Å². The molecule has 4 rings (SSSR count).